The van der Waals surface area contributed by atoms with Crippen LogP contribution >= 0.6 is 0 Å². The number of anilines is 1. The third kappa shape index (κ3) is 3.11. The van der Waals surface area contributed by atoms with Crippen molar-refractivity contribution in [3.05, 3.63) is 23.8 Å². The van der Waals surface area contributed by atoms with Crippen LogP contribution in [0.3, 0.4) is 0 Å². The number of amides is 1. The van der Waals surface area contributed by atoms with E-state index in [1.807, 2.05) is 18.2 Å². The molecule has 1 atom stereocenters. The second-order valence-electron chi connectivity index (χ2n) is 5.72. The molecular formula is C15H21N3O2. The van der Waals surface area contributed by atoms with E-state index < -0.39 is 0 Å². The van der Waals surface area contributed by atoms with Gasteiger partial charge in [0.25, 0.3) is 5.91 Å². The summed E-state index contributed by atoms with van der Waals surface area (Å²) < 4.78 is 5.35. The average molecular weight is 275 g/mol. The number of hydrogen-bond donors (Lipinski definition) is 2. The minimum atomic E-state index is -0.0865. The Bertz CT molecular complexity index is 504. The highest BCUT2D eigenvalue weighted by atomic mass is 16.5. The number of likely N-dealkylation sites (tertiary alicyclic amines) is 1. The van der Waals surface area contributed by atoms with Crippen molar-refractivity contribution in [1.29, 1.82) is 0 Å². The number of benzene rings is 1. The molecule has 0 aliphatic carbocycles. The van der Waals surface area contributed by atoms with E-state index in [9.17, 15) is 4.79 Å². The van der Waals surface area contributed by atoms with Gasteiger partial charge in [0, 0.05) is 13.1 Å². The second-order valence-corrected chi connectivity index (χ2v) is 5.72. The molecule has 108 valence electrons. The number of nitrogens with one attached hydrogen (secondary N) is 2. The van der Waals surface area contributed by atoms with Crippen molar-refractivity contribution in [2.24, 2.45) is 5.92 Å². The molecule has 2 aliphatic heterocycles. The van der Waals surface area contributed by atoms with E-state index in [-0.39, 0.29) is 12.5 Å². The normalized spacial score (nSPS) is 22.2. The predicted octanol–water partition coefficient (Wildman–Crippen LogP) is 1.06. The summed E-state index contributed by atoms with van der Waals surface area (Å²) >= 11 is 0. The van der Waals surface area contributed by atoms with Crippen molar-refractivity contribution in [1.82, 2.24) is 10.2 Å². The van der Waals surface area contributed by atoms with Gasteiger partial charge in [-0.05, 0) is 50.2 Å². The Morgan fingerprint density at radius 2 is 2.40 bits per heavy atom. The lowest BCUT2D eigenvalue weighted by molar-refractivity contribution is -0.118. The number of rotatable bonds is 4. The smallest absolute Gasteiger partial charge is 0.262 e. The van der Waals surface area contributed by atoms with Crippen LogP contribution < -0.4 is 15.4 Å². The molecule has 1 saturated heterocycles. The Balaban J connectivity index is 1.53. The SMILES string of the molecule is CN1CCC(CNCc2ccc3c(c2)NC(=O)CO3)C1. The van der Waals surface area contributed by atoms with Crippen LogP contribution in [0, 0.1) is 5.92 Å². The van der Waals surface area contributed by atoms with Crippen LogP contribution in [-0.2, 0) is 11.3 Å². The van der Waals surface area contributed by atoms with Gasteiger partial charge in [-0.15, -0.1) is 0 Å². The molecule has 2 N–H and O–H groups in total. The zero-order valence-electron chi connectivity index (χ0n) is 11.8. The average Bonchev–Trinajstić information content (AvgIpc) is 2.84. The molecule has 0 saturated carbocycles. The van der Waals surface area contributed by atoms with Gasteiger partial charge in [0.15, 0.2) is 6.61 Å². The maximum absolute atomic E-state index is 11.3. The molecule has 0 aromatic heterocycles. The van der Waals surface area contributed by atoms with Crippen LogP contribution in [0.25, 0.3) is 0 Å². The Morgan fingerprint density at radius 1 is 1.50 bits per heavy atom. The molecule has 0 bridgehead atoms. The molecule has 0 radical (unpaired) electrons. The molecule has 1 unspecified atom stereocenters. The maximum atomic E-state index is 11.3. The van der Waals surface area contributed by atoms with E-state index >= 15 is 0 Å². The first-order valence-electron chi connectivity index (χ1n) is 7.15. The Hall–Kier alpha value is -1.59. The van der Waals surface area contributed by atoms with Crippen LogP contribution in [0.4, 0.5) is 5.69 Å². The van der Waals surface area contributed by atoms with Crippen molar-refractivity contribution >= 4 is 11.6 Å². The lowest BCUT2D eigenvalue weighted by atomic mass is 10.1. The van der Waals surface area contributed by atoms with Gasteiger partial charge < -0.3 is 20.3 Å². The summed E-state index contributed by atoms with van der Waals surface area (Å²) in [6, 6.07) is 5.96. The molecule has 5 nitrogen and oxygen atoms in total. The van der Waals surface area contributed by atoms with Crippen molar-refractivity contribution in [3.63, 3.8) is 0 Å². The number of nitrogens with zero attached hydrogens (tertiary/aromatic N) is 1. The molecule has 20 heavy (non-hydrogen) atoms. The Labute approximate surface area is 119 Å². The molecule has 1 amide bonds. The fraction of sp³-hybridized carbons (Fsp3) is 0.533. The highest BCUT2D eigenvalue weighted by Crippen LogP contribution is 2.28. The largest absolute Gasteiger partial charge is 0.482 e. The fourth-order valence-electron chi connectivity index (χ4n) is 2.85. The first-order valence-corrected chi connectivity index (χ1v) is 7.15. The number of fused-ring (bicyclic) bond motifs is 1. The summed E-state index contributed by atoms with van der Waals surface area (Å²) in [5.74, 6) is 1.42. The molecular weight excluding hydrogens is 254 g/mol. The van der Waals surface area contributed by atoms with Crippen LogP contribution in [-0.4, -0.2) is 44.1 Å². The summed E-state index contributed by atoms with van der Waals surface area (Å²) in [5.41, 5.74) is 1.95. The molecule has 5 heteroatoms. The van der Waals surface area contributed by atoms with Gasteiger partial charge in [-0.1, -0.05) is 6.07 Å². The lowest BCUT2D eigenvalue weighted by Crippen LogP contribution is -2.26. The summed E-state index contributed by atoms with van der Waals surface area (Å²) in [5, 5.41) is 6.34. The van der Waals surface area contributed by atoms with E-state index in [1.165, 1.54) is 25.1 Å². The first-order chi connectivity index (χ1) is 9.70. The fourth-order valence-corrected chi connectivity index (χ4v) is 2.85. The van der Waals surface area contributed by atoms with Crippen molar-refractivity contribution < 1.29 is 9.53 Å². The molecule has 1 fully saturated rings. The van der Waals surface area contributed by atoms with Gasteiger partial charge in [-0.2, -0.15) is 0 Å². The molecule has 1 aromatic carbocycles. The monoisotopic (exact) mass is 275 g/mol. The molecule has 2 heterocycles. The van der Waals surface area contributed by atoms with Gasteiger partial charge in [-0.3, -0.25) is 4.79 Å². The third-order valence-corrected chi connectivity index (χ3v) is 3.93. The van der Waals surface area contributed by atoms with E-state index in [4.69, 9.17) is 4.74 Å². The number of carbonyl (C=O) groups is 1. The van der Waals surface area contributed by atoms with Crippen molar-refractivity contribution in [2.75, 3.05) is 38.6 Å². The van der Waals surface area contributed by atoms with Gasteiger partial charge in [-0.25, -0.2) is 0 Å². The van der Waals surface area contributed by atoms with Gasteiger partial charge in [0.05, 0.1) is 5.69 Å². The van der Waals surface area contributed by atoms with Crippen molar-refractivity contribution in [3.8, 4) is 5.75 Å². The molecule has 0 spiro atoms. The summed E-state index contributed by atoms with van der Waals surface area (Å²) in [6.07, 6.45) is 1.28. The first kappa shape index (κ1) is 13.4. The quantitative estimate of drug-likeness (QED) is 0.863. The number of hydrogen-bond acceptors (Lipinski definition) is 4. The highest BCUT2D eigenvalue weighted by molar-refractivity contribution is 5.95. The van der Waals surface area contributed by atoms with E-state index in [2.05, 4.69) is 22.6 Å². The number of carbonyl (C=O) groups excluding carboxylic acids is 1. The van der Waals surface area contributed by atoms with Crippen LogP contribution in [0.1, 0.15) is 12.0 Å². The molecule has 1 aromatic rings. The van der Waals surface area contributed by atoms with Crippen LogP contribution in [0.2, 0.25) is 0 Å². The van der Waals surface area contributed by atoms with E-state index in [0.29, 0.717) is 0 Å². The summed E-state index contributed by atoms with van der Waals surface area (Å²) in [6.45, 7) is 4.36. The van der Waals surface area contributed by atoms with E-state index in [1.54, 1.807) is 0 Å². The third-order valence-electron chi connectivity index (χ3n) is 3.93. The minimum absolute atomic E-state index is 0.0865. The standard InChI is InChI=1S/C15H21N3O2/c1-18-5-4-12(9-18)8-16-7-11-2-3-14-13(6-11)17-15(19)10-20-14/h2-3,6,12,16H,4-5,7-10H2,1H3,(H,17,19). The lowest BCUT2D eigenvalue weighted by Gasteiger charge is -2.19. The zero-order valence-corrected chi connectivity index (χ0v) is 11.8. The van der Waals surface area contributed by atoms with Gasteiger partial charge in [0.2, 0.25) is 0 Å². The van der Waals surface area contributed by atoms with Crippen LogP contribution in [0.5, 0.6) is 5.75 Å². The molecule has 2 aliphatic rings. The van der Waals surface area contributed by atoms with Gasteiger partial charge >= 0.3 is 0 Å². The zero-order chi connectivity index (χ0) is 13.9. The Kier molecular flexibility index (Phi) is 3.89. The maximum Gasteiger partial charge on any atom is 0.262 e. The topological polar surface area (TPSA) is 53.6 Å². The molecule has 3 rings (SSSR count). The second kappa shape index (κ2) is 5.81. The van der Waals surface area contributed by atoms with Crippen molar-refractivity contribution in [2.45, 2.75) is 13.0 Å². The van der Waals surface area contributed by atoms with Gasteiger partial charge in [0.1, 0.15) is 5.75 Å². The minimum Gasteiger partial charge on any atom is -0.482 e. The van der Waals surface area contributed by atoms with E-state index in [0.717, 1.165) is 30.4 Å². The highest BCUT2D eigenvalue weighted by Gasteiger charge is 2.19. The predicted molar refractivity (Wildman–Crippen MR) is 77.9 cm³/mol. The summed E-state index contributed by atoms with van der Waals surface area (Å²) in [7, 11) is 2.17. The summed E-state index contributed by atoms with van der Waals surface area (Å²) in [4.78, 5) is 13.7. The van der Waals surface area contributed by atoms with Crippen LogP contribution in [0.15, 0.2) is 18.2 Å². The number of ether oxygens (including phenoxy) is 1. The Morgan fingerprint density at radius 3 is 3.20 bits per heavy atom.